The number of benzene rings is 2. The van der Waals surface area contributed by atoms with Crippen LogP contribution < -0.4 is 14.8 Å². The van der Waals surface area contributed by atoms with Crippen LogP contribution in [0.5, 0.6) is 11.5 Å². The van der Waals surface area contributed by atoms with Gasteiger partial charge in [-0.15, -0.1) is 0 Å². The van der Waals surface area contributed by atoms with Crippen molar-refractivity contribution in [3.8, 4) is 11.5 Å². The third-order valence-electron chi connectivity index (χ3n) is 7.51. The summed E-state index contributed by atoms with van der Waals surface area (Å²) in [6, 6.07) is 8.21. The van der Waals surface area contributed by atoms with E-state index in [1.807, 2.05) is 12.1 Å². The molecule has 0 amide bonds. The molecule has 1 N–H and O–H groups in total. The predicted octanol–water partition coefficient (Wildman–Crippen LogP) is 6.31. The van der Waals surface area contributed by atoms with Crippen LogP contribution in [-0.2, 0) is 0 Å². The van der Waals surface area contributed by atoms with Gasteiger partial charge in [0.2, 0.25) is 0 Å². The number of hydrogen-bond donors (Lipinski definition) is 1. The molecule has 1 aromatic heterocycles. The Morgan fingerprint density at radius 2 is 2.03 bits per heavy atom. The lowest BCUT2D eigenvalue weighted by Crippen LogP contribution is -2.25. The number of methoxy groups -OCH3 is 1. The van der Waals surface area contributed by atoms with Crippen molar-refractivity contribution >= 4 is 34.0 Å². The predicted molar refractivity (Wildman–Crippen MR) is 137 cm³/mol. The summed E-state index contributed by atoms with van der Waals surface area (Å²) >= 11 is 5.94. The summed E-state index contributed by atoms with van der Waals surface area (Å²) in [5, 5.41) is 4.03. The van der Waals surface area contributed by atoms with E-state index in [1.165, 1.54) is 50.8 Å². The molecule has 186 valence electrons. The van der Waals surface area contributed by atoms with Crippen LogP contribution in [0, 0.1) is 23.6 Å². The summed E-state index contributed by atoms with van der Waals surface area (Å²) in [5.41, 5.74) is 1.35. The van der Waals surface area contributed by atoms with Gasteiger partial charge in [0.1, 0.15) is 18.0 Å². The molecule has 2 fully saturated rings. The highest BCUT2D eigenvalue weighted by Crippen LogP contribution is 2.40. The Labute approximate surface area is 210 Å². The van der Waals surface area contributed by atoms with Gasteiger partial charge >= 0.3 is 0 Å². The quantitative estimate of drug-likeness (QED) is 0.367. The largest absolute Gasteiger partial charge is 0.493 e. The van der Waals surface area contributed by atoms with Crippen molar-refractivity contribution in [2.75, 3.05) is 38.7 Å². The average Bonchev–Trinajstić information content (AvgIpc) is 3.28. The van der Waals surface area contributed by atoms with Crippen molar-refractivity contribution in [3.63, 3.8) is 0 Å². The van der Waals surface area contributed by atoms with Crippen LogP contribution in [0.3, 0.4) is 0 Å². The molecule has 1 aliphatic heterocycles. The van der Waals surface area contributed by atoms with Gasteiger partial charge in [-0.3, -0.25) is 0 Å². The smallest absolute Gasteiger partial charge is 0.162 e. The van der Waals surface area contributed by atoms with Crippen molar-refractivity contribution in [2.24, 2.45) is 17.8 Å². The van der Waals surface area contributed by atoms with Crippen LogP contribution in [0.15, 0.2) is 36.7 Å². The van der Waals surface area contributed by atoms with Gasteiger partial charge in [-0.2, -0.15) is 0 Å². The third kappa shape index (κ3) is 5.31. The van der Waals surface area contributed by atoms with E-state index in [0.717, 1.165) is 36.1 Å². The Morgan fingerprint density at radius 3 is 2.83 bits per heavy atom. The lowest BCUT2D eigenvalue weighted by molar-refractivity contribution is 0.213. The summed E-state index contributed by atoms with van der Waals surface area (Å²) in [6.07, 6.45) is 6.59. The first kappa shape index (κ1) is 24.1. The molecule has 2 aliphatic rings. The van der Waals surface area contributed by atoms with Crippen LogP contribution in [0.4, 0.5) is 15.9 Å². The second-order valence-electron chi connectivity index (χ2n) is 9.79. The molecule has 2 heterocycles. The van der Waals surface area contributed by atoms with Gasteiger partial charge in [0.05, 0.1) is 24.3 Å². The molecule has 5 rings (SSSR count). The van der Waals surface area contributed by atoms with Gasteiger partial charge in [-0.1, -0.05) is 31.4 Å². The van der Waals surface area contributed by atoms with Crippen LogP contribution in [0.1, 0.15) is 32.6 Å². The fraction of sp³-hybridized carbons (Fsp3) is 0.481. The molecular formula is C27H32ClFN4O2. The highest BCUT2D eigenvalue weighted by molar-refractivity contribution is 6.31. The number of anilines is 2. The maximum atomic E-state index is 13.5. The lowest BCUT2D eigenvalue weighted by atomic mass is 9.75. The normalized spacial score (nSPS) is 22.2. The topological polar surface area (TPSA) is 59.5 Å². The van der Waals surface area contributed by atoms with E-state index in [9.17, 15) is 4.39 Å². The van der Waals surface area contributed by atoms with Gasteiger partial charge in [-0.25, -0.2) is 14.4 Å². The van der Waals surface area contributed by atoms with E-state index in [1.54, 1.807) is 13.2 Å². The minimum atomic E-state index is -0.465. The molecule has 3 aromatic rings. The average molecular weight is 499 g/mol. The molecule has 2 aromatic carbocycles. The first-order valence-electron chi connectivity index (χ1n) is 12.4. The van der Waals surface area contributed by atoms with Crippen molar-refractivity contribution in [3.05, 3.63) is 47.5 Å². The molecule has 1 saturated heterocycles. The first-order valence-corrected chi connectivity index (χ1v) is 12.8. The summed E-state index contributed by atoms with van der Waals surface area (Å²) in [5.74, 6) is 4.00. The van der Waals surface area contributed by atoms with Crippen molar-refractivity contribution < 1.29 is 13.9 Å². The second kappa shape index (κ2) is 10.5. The zero-order chi connectivity index (χ0) is 24.4. The number of rotatable bonds is 8. The van der Waals surface area contributed by atoms with Crippen LogP contribution in [0.2, 0.25) is 5.02 Å². The number of halogens is 2. The molecule has 0 bridgehead atoms. The van der Waals surface area contributed by atoms with Gasteiger partial charge < -0.3 is 19.7 Å². The highest BCUT2D eigenvalue weighted by Gasteiger charge is 2.37. The summed E-state index contributed by atoms with van der Waals surface area (Å²) in [4.78, 5) is 11.4. The van der Waals surface area contributed by atoms with Gasteiger partial charge in [0.25, 0.3) is 0 Å². The number of nitrogens with zero attached hydrogens (tertiary/aromatic N) is 3. The van der Waals surface area contributed by atoms with Crippen LogP contribution in [-0.4, -0.2) is 48.2 Å². The van der Waals surface area contributed by atoms with E-state index in [4.69, 9.17) is 21.1 Å². The molecule has 3 atom stereocenters. The highest BCUT2D eigenvalue weighted by atomic mass is 35.5. The van der Waals surface area contributed by atoms with E-state index >= 15 is 0 Å². The Bertz CT molecular complexity index is 1190. The van der Waals surface area contributed by atoms with Crippen LogP contribution >= 0.6 is 11.6 Å². The minimum absolute atomic E-state index is 0.0470. The lowest BCUT2D eigenvalue weighted by Gasteiger charge is -2.30. The maximum absolute atomic E-state index is 13.5. The van der Waals surface area contributed by atoms with Gasteiger partial charge in [-0.05, 0) is 54.9 Å². The molecule has 6 nitrogen and oxygen atoms in total. The zero-order valence-electron chi connectivity index (χ0n) is 20.3. The molecular weight excluding hydrogens is 467 g/mol. The van der Waals surface area contributed by atoms with Crippen molar-refractivity contribution in [1.29, 1.82) is 0 Å². The van der Waals surface area contributed by atoms with E-state index in [-0.39, 0.29) is 5.02 Å². The molecule has 0 radical (unpaired) electrons. The van der Waals surface area contributed by atoms with Crippen molar-refractivity contribution in [2.45, 2.75) is 32.6 Å². The standard InChI is InChI=1S/C27H32ClFN4O2/c1-17-5-3-6-18-14-33(15-21(17)18)9-4-10-35-26-12-20-24(13-25(26)34-2)30-16-31-27(20)32-19-7-8-23(29)22(28)11-19/h7-8,11-13,16-18,21H,3-6,9-10,14-15H2,1-2H3,(H,30,31,32). The summed E-state index contributed by atoms with van der Waals surface area (Å²) < 4.78 is 25.3. The Kier molecular flexibility index (Phi) is 7.25. The number of hydrogen-bond acceptors (Lipinski definition) is 6. The first-order chi connectivity index (χ1) is 17.0. The SMILES string of the molecule is COc1cc2ncnc(Nc3ccc(F)c(Cl)c3)c2cc1OCCCN1CC2CCCC(C)C2C1. The van der Waals surface area contributed by atoms with E-state index in [0.29, 0.717) is 35.1 Å². The molecule has 1 aliphatic carbocycles. The maximum Gasteiger partial charge on any atom is 0.162 e. The van der Waals surface area contributed by atoms with Crippen molar-refractivity contribution in [1.82, 2.24) is 14.9 Å². The van der Waals surface area contributed by atoms with E-state index < -0.39 is 5.82 Å². The number of nitrogens with one attached hydrogen (secondary N) is 1. The Morgan fingerprint density at radius 1 is 1.14 bits per heavy atom. The fourth-order valence-electron chi connectivity index (χ4n) is 5.65. The Balaban J connectivity index is 1.26. The summed E-state index contributed by atoms with van der Waals surface area (Å²) in [6.45, 7) is 6.54. The fourth-order valence-corrected chi connectivity index (χ4v) is 5.83. The summed E-state index contributed by atoms with van der Waals surface area (Å²) in [7, 11) is 1.63. The van der Waals surface area contributed by atoms with Gasteiger partial charge in [0, 0.05) is 36.8 Å². The Hall–Kier alpha value is -2.64. The number of likely N-dealkylation sites (tertiary alicyclic amines) is 1. The van der Waals surface area contributed by atoms with Gasteiger partial charge in [0.15, 0.2) is 11.5 Å². The molecule has 35 heavy (non-hydrogen) atoms. The number of ether oxygens (including phenoxy) is 2. The molecule has 3 unspecified atom stereocenters. The number of fused-ring (bicyclic) bond motifs is 2. The minimum Gasteiger partial charge on any atom is -0.493 e. The zero-order valence-corrected chi connectivity index (χ0v) is 21.0. The third-order valence-corrected chi connectivity index (χ3v) is 7.80. The number of aromatic nitrogens is 2. The van der Waals surface area contributed by atoms with E-state index in [2.05, 4.69) is 27.1 Å². The molecule has 0 spiro atoms. The molecule has 8 heteroatoms. The van der Waals surface area contributed by atoms with Crippen LogP contribution in [0.25, 0.3) is 10.9 Å². The second-order valence-corrected chi connectivity index (χ2v) is 10.2. The monoisotopic (exact) mass is 498 g/mol. The molecule has 1 saturated carbocycles.